The Balaban J connectivity index is 2.16. The number of methoxy groups -OCH3 is 1. The minimum absolute atomic E-state index is 0.0398. The Labute approximate surface area is 102 Å². The standard InChI is InChI=1S/C13H20N2O2/c1-11(10-17-2)15-13(16)8-9-14-12-6-4-3-5-7-12/h3-7,11,14H,8-10H2,1-2H3,(H,15,16)/t11-/m0/s1. The number of rotatable bonds is 7. The summed E-state index contributed by atoms with van der Waals surface area (Å²) < 4.78 is 4.95. The maximum absolute atomic E-state index is 11.5. The molecular formula is C13H20N2O2. The monoisotopic (exact) mass is 236 g/mol. The van der Waals surface area contributed by atoms with Crippen LogP contribution in [0.2, 0.25) is 0 Å². The highest BCUT2D eigenvalue weighted by Crippen LogP contribution is 2.04. The Morgan fingerprint density at radius 1 is 1.35 bits per heavy atom. The average molecular weight is 236 g/mol. The maximum Gasteiger partial charge on any atom is 0.222 e. The Hall–Kier alpha value is -1.55. The van der Waals surface area contributed by atoms with Gasteiger partial charge in [0.1, 0.15) is 0 Å². The molecule has 17 heavy (non-hydrogen) atoms. The van der Waals surface area contributed by atoms with Gasteiger partial charge in [-0.1, -0.05) is 18.2 Å². The van der Waals surface area contributed by atoms with Gasteiger partial charge < -0.3 is 15.4 Å². The van der Waals surface area contributed by atoms with Crippen LogP contribution in [0.5, 0.6) is 0 Å². The first-order chi connectivity index (χ1) is 8.22. The lowest BCUT2D eigenvalue weighted by Crippen LogP contribution is -2.36. The molecular weight excluding hydrogens is 216 g/mol. The van der Waals surface area contributed by atoms with Crippen LogP contribution in [-0.2, 0) is 9.53 Å². The van der Waals surface area contributed by atoms with Crippen LogP contribution in [0.15, 0.2) is 30.3 Å². The number of carbonyl (C=O) groups is 1. The fourth-order valence-corrected chi connectivity index (χ4v) is 1.52. The molecule has 0 heterocycles. The van der Waals surface area contributed by atoms with Crippen molar-refractivity contribution >= 4 is 11.6 Å². The summed E-state index contributed by atoms with van der Waals surface area (Å²) in [5, 5.41) is 6.05. The summed E-state index contributed by atoms with van der Waals surface area (Å²) in [4.78, 5) is 11.5. The van der Waals surface area contributed by atoms with Gasteiger partial charge in [-0.05, 0) is 19.1 Å². The van der Waals surface area contributed by atoms with Gasteiger partial charge in [0.15, 0.2) is 0 Å². The van der Waals surface area contributed by atoms with Crippen molar-refractivity contribution in [1.29, 1.82) is 0 Å². The van der Waals surface area contributed by atoms with E-state index in [0.717, 1.165) is 5.69 Å². The van der Waals surface area contributed by atoms with Crippen LogP contribution in [0.4, 0.5) is 5.69 Å². The minimum atomic E-state index is 0.0398. The lowest BCUT2D eigenvalue weighted by atomic mass is 10.3. The Morgan fingerprint density at radius 2 is 2.06 bits per heavy atom. The van der Waals surface area contributed by atoms with E-state index in [1.807, 2.05) is 37.3 Å². The Kier molecular flexibility index (Phi) is 6.10. The molecule has 0 aliphatic rings. The van der Waals surface area contributed by atoms with Crippen LogP contribution in [0, 0.1) is 0 Å². The van der Waals surface area contributed by atoms with Crippen LogP contribution >= 0.6 is 0 Å². The molecule has 1 aromatic rings. The predicted octanol–water partition coefficient (Wildman–Crippen LogP) is 1.64. The van der Waals surface area contributed by atoms with E-state index >= 15 is 0 Å². The van der Waals surface area contributed by atoms with Gasteiger partial charge in [0.2, 0.25) is 5.91 Å². The predicted molar refractivity (Wildman–Crippen MR) is 69.0 cm³/mol. The molecule has 4 nitrogen and oxygen atoms in total. The van der Waals surface area contributed by atoms with Crippen LogP contribution < -0.4 is 10.6 Å². The van der Waals surface area contributed by atoms with Crippen molar-refractivity contribution in [1.82, 2.24) is 5.32 Å². The van der Waals surface area contributed by atoms with Gasteiger partial charge >= 0.3 is 0 Å². The maximum atomic E-state index is 11.5. The summed E-state index contributed by atoms with van der Waals surface area (Å²) in [6.07, 6.45) is 0.461. The van der Waals surface area contributed by atoms with Crippen molar-refractivity contribution in [3.8, 4) is 0 Å². The van der Waals surface area contributed by atoms with Gasteiger partial charge in [0.05, 0.1) is 6.61 Å². The number of nitrogens with one attached hydrogen (secondary N) is 2. The molecule has 0 unspecified atom stereocenters. The number of para-hydroxylation sites is 1. The van der Waals surface area contributed by atoms with Crippen molar-refractivity contribution in [3.63, 3.8) is 0 Å². The van der Waals surface area contributed by atoms with E-state index in [-0.39, 0.29) is 11.9 Å². The van der Waals surface area contributed by atoms with E-state index in [9.17, 15) is 4.79 Å². The highest BCUT2D eigenvalue weighted by atomic mass is 16.5. The second-order valence-electron chi connectivity index (χ2n) is 3.97. The summed E-state index contributed by atoms with van der Waals surface area (Å²) in [5.74, 6) is 0.0398. The quantitative estimate of drug-likeness (QED) is 0.756. The van der Waals surface area contributed by atoms with E-state index < -0.39 is 0 Å². The van der Waals surface area contributed by atoms with E-state index in [2.05, 4.69) is 10.6 Å². The first-order valence-corrected chi connectivity index (χ1v) is 5.79. The first-order valence-electron chi connectivity index (χ1n) is 5.79. The molecule has 4 heteroatoms. The van der Waals surface area contributed by atoms with E-state index in [1.165, 1.54) is 0 Å². The number of benzene rings is 1. The summed E-state index contributed by atoms with van der Waals surface area (Å²) in [6.45, 7) is 3.10. The minimum Gasteiger partial charge on any atom is -0.385 e. The molecule has 1 amide bonds. The average Bonchev–Trinajstić information content (AvgIpc) is 2.30. The van der Waals surface area contributed by atoms with Crippen molar-refractivity contribution in [3.05, 3.63) is 30.3 Å². The molecule has 0 radical (unpaired) electrons. The molecule has 1 rings (SSSR count). The zero-order chi connectivity index (χ0) is 12.5. The van der Waals surface area contributed by atoms with Gasteiger partial charge in [-0.25, -0.2) is 0 Å². The first kappa shape index (κ1) is 13.5. The van der Waals surface area contributed by atoms with Gasteiger partial charge in [-0.2, -0.15) is 0 Å². The molecule has 0 aliphatic heterocycles. The van der Waals surface area contributed by atoms with Gasteiger partial charge in [0.25, 0.3) is 0 Å². The molecule has 0 saturated heterocycles. The highest BCUT2D eigenvalue weighted by Gasteiger charge is 2.05. The third kappa shape index (κ3) is 5.92. The molecule has 0 aliphatic carbocycles. The Morgan fingerprint density at radius 3 is 2.71 bits per heavy atom. The highest BCUT2D eigenvalue weighted by molar-refractivity contribution is 5.76. The van der Waals surface area contributed by atoms with E-state index in [4.69, 9.17) is 4.74 Å². The molecule has 0 fully saturated rings. The molecule has 0 spiro atoms. The SMILES string of the molecule is COC[C@H](C)NC(=O)CCNc1ccccc1. The molecule has 0 saturated carbocycles. The van der Waals surface area contributed by atoms with E-state index in [1.54, 1.807) is 7.11 Å². The number of anilines is 1. The number of hydrogen-bond acceptors (Lipinski definition) is 3. The summed E-state index contributed by atoms with van der Waals surface area (Å²) in [5.41, 5.74) is 1.03. The molecule has 1 aromatic carbocycles. The second kappa shape index (κ2) is 7.68. The second-order valence-corrected chi connectivity index (χ2v) is 3.97. The number of amides is 1. The molecule has 94 valence electrons. The van der Waals surface area contributed by atoms with Crippen LogP contribution in [0.3, 0.4) is 0 Å². The fraction of sp³-hybridized carbons (Fsp3) is 0.462. The lowest BCUT2D eigenvalue weighted by molar-refractivity contribution is -0.121. The summed E-state index contributed by atoms with van der Waals surface area (Å²) in [6, 6.07) is 9.90. The summed E-state index contributed by atoms with van der Waals surface area (Å²) in [7, 11) is 1.62. The van der Waals surface area contributed by atoms with Gasteiger partial charge in [-0.3, -0.25) is 4.79 Å². The third-order valence-corrected chi connectivity index (χ3v) is 2.28. The number of carbonyl (C=O) groups excluding carboxylic acids is 1. The summed E-state index contributed by atoms with van der Waals surface area (Å²) >= 11 is 0. The van der Waals surface area contributed by atoms with Crippen molar-refractivity contribution in [2.75, 3.05) is 25.6 Å². The van der Waals surface area contributed by atoms with Crippen LogP contribution in [0.1, 0.15) is 13.3 Å². The van der Waals surface area contributed by atoms with Crippen molar-refractivity contribution in [2.45, 2.75) is 19.4 Å². The molecule has 0 bridgehead atoms. The molecule has 1 atom stereocenters. The smallest absolute Gasteiger partial charge is 0.222 e. The fourth-order valence-electron chi connectivity index (χ4n) is 1.52. The van der Waals surface area contributed by atoms with Gasteiger partial charge in [0, 0.05) is 31.8 Å². The third-order valence-electron chi connectivity index (χ3n) is 2.28. The largest absolute Gasteiger partial charge is 0.385 e. The van der Waals surface area contributed by atoms with Crippen molar-refractivity contribution in [2.24, 2.45) is 0 Å². The molecule has 0 aromatic heterocycles. The zero-order valence-corrected chi connectivity index (χ0v) is 10.4. The number of hydrogen-bond donors (Lipinski definition) is 2. The van der Waals surface area contributed by atoms with Crippen LogP contribution in [0.25, 0.3) is 0 Å². The van der Waals surface area contributed by atoms with E-state index in [0.29, 0.717) is 19.6 Å². The number of ether oxygens (including phenoxy) is 1. The van der Waals surface area contributed by atoms with Crippen LogP contribution in [-0.4, -0.2) is 32.2 Å². The topological polar surface area (TPSA) is 50.4 Å². The zero-order valence-electron chi connectivity index (χ0n) is 10.4. The van der Waals surface area contributed by atoms with Crippen molar-refractivity contribution < 1.29 is 9.53 Å². The Bertz CT molecular complexity index is 327. The molecule has 2 N–H and O–H groups in total. The lowest BCUT2D eigenvalue weighted by Gasteiger charge is -2.13. The normalized spacial score (nSPS) is 11.9. The van der Waals surface area contributed by atoms with Gasteiger partial charge in [-0.15, -0.1) is 0 Å².